The van der Waals surface area contributed by atoms with Gasteiger partial charge in [-0.15, -0.1) is 0 Å². The molecule has 1 aromatic carbocycles. The number of hydrogen-bond acceptors (Lipinski definition) is 1. The van der Waals surface area contributed by atoms with Crippen molar-refractivity contribution in [2.24, 2.45) is 0 Å². The van der Waals surface area contributed by atoms with Crippen LogP contribution in [0.15, 0.2) is 24.3 Å². The molecule has 0 bridgehead atoms. The molecule has 0 radical (unpaired) electrons. The zero-order valence-corrected chi connectivity index (χ0v) is 9.75. The molecule has 82 valence electrons. The van der Waals surface area contributed by atoms with Crippen molar-refractivity contribution in [2.75, 3.05) is 0 Å². The van der Waals surface area contributed by atoms with E-state index >= 15 is 0 Å². The fraction of sp³-hybridized carbons (Fsp3) is 0.500. The summed E-state index contributed by atoms with van der Waals surface area (Å²) in [5.41, 5.74) is 2.15. The summed E-state index contributed by atoms with van der Waals surface area (Å²) >= 11 is 0. The number of hydrogen-bond donors (Lipinski definition) is 0. The molecule has 0 saturated carbocycles. The van der Waals surface area contributed by atoms with Gasteiger partial charge in [0.2, 0.25) is 0 Å². The lowest BCUT2D eigenvalue weighted by Gasteiger charge is -2.06. The maximum atomic E-state index is 11.7. The Morgan fingerprint density at radius 2 is 1.87 bits per heavy atom. The molecule has 0 aliphatic carbocycles. The highest BCUT2D eigenvalue weighted by Gasteiger charge is 2.07. The van der Waals surface area contributed by atoms with Crippen molar-refractivity contribution in [3.05, 3.63) is 35.4 Å². The minimum atomic E-state index is 0.266. The van der Waals surface area contributed by atoms with Crippen LogP contribution in [0.1, 0.15) is 55.5 Å². The second-order valence-electron chi connectivity index (χ2n) is 3.89. The lowest BCUT2D eigenvalue weighted by Crippen LogP contribution is -2.02. The predicted octanol–water partition coefficient (Wildman–Crippen LogP) is 4.01. The molecule has 0 spiro atoms. The fourth-order valence-electron chi connectivity index (χ4n) is 1.77. The van der Waals surface area contributed by atoms with E-state index in [2.05, 4.69) is 13.0 Å². The molecule has 1 rings (SSSR count). The molecule has 0 aliphatic heterocycles. The standard InChI is InChI=1S/C14H20O/c1-3-5-6-9-12-10-7-8-11-13(12)14(15)4-2/h7-8,10-11H,3-6,9H2,1-2H3. The predicted molar refractivity (Wildman–Crippen MR) is 64.3 cm³/mol. The molecule has 1 aromatic rings. The first-order valence-electron chi connectivity index (χ1n) is 5.90. The number of benzene rings is 1. The number of rotatable bonds is 6. The number of carbonyl (C=O) groups excluding carboxylic acids is 1. The van der Waals surface area contributed by atoms with Gasteiger partial charge in [-0.05, 0) is 18.4 Å². The zero-order valence-electron chi connectivity index (χ0n) is 9.75. The summed E-state index contributed by atoms with van der Waals surface area (Å²) in [6.07, 6.45) is 5.30. The molecule has 0 saturated heterocycles. The van der Waals surface area contributed by atoms with Crippen molar-refractivity contribution in [2.45, 2.75) is 46.0 Å². The van der Waals surface area contributed by atoms with E-state index in [-0.39, 0.29) is 5.78 Å². The number of Topliss-reactive ketones (excluding diaryl/α,β-unsaturated/α-hetero) is 1. The lowest BCUT2D eigenvalue weighted by molar-refractivity contribution is 0.0987. The Morgan fingerprint density at radius 1 is 1.13 bits per heavy atom. The number of unbranched alkanes of at least 4 members (excludes halogenated alkanes) is 2. The van der Waals surface area contributed by atoms with E-state index in [0.717, 1.165) is 12.0 Å². The van der Waals surface area contributed by atoms with Crippen LogP contribution in [0.25, 0.3) is 0 Å². The Balaban J connectivity index is 2.73. The van der Waals surface area contributed by atoms with E-state index in [1.165, 1.54) is 24.8 Å². The molecular weight excluding hydrogens is 184 g/mol. The first-order valence-corrected chi connectivity index (χ1v) is 5.90. The van der Waals surface area contributed by atoms with E-state index < -0.39 is 0 Å². The van der Waals surface area contributed by atoms with E-state index in [1.807, 2.05) is 25.1 Å². The van der Waals surface area contributed by atoms with E-state index in [1.54, 1.807) is 0 Å². The van der Waals surface area contributed by atoms with Gasteiger partial charge in [-0.2, -0.15) is 0 Å². The van der Waals surface area contributed by atoms with E-state index in [4.69, 9.17) is 0 Å². The highest BCUT2D eigenvalue weighted by atomic mass is 16.1. The average molecular weight is 204 g/mol. The van der Waals surface area contributed by atoms with Gasteiger partial charge in [-0.1, -0.05) is 51.0 Å². The molecule has 0 aromatic heterocycles. The Hall–Kier alpha value is -1.11. The van der Waals surface area contributed by atoms with Crippen LogP contribution in [0.5, 0.6) is 0 Å². The molecule has 15 heavy (non-hydrogen) atoms. The van der Waals surface area contributed by atoms with Crippen molar-refractivity contribution >= 4 is 5.78 Å². The van der Waals surface area contributed by atoms with Crippen LogP contribution in [-0.2, 0) is 6.42 Å². The second-order valence-corrected chi connectivity index (χ2v) is 3.89. The van der Waals surface area contributed by atoms with Gasteiger partial charge in [0.1, 0.15) is 0 Å². The fourth-order valence-corrected chi connectivity index (χ4v) is 1.77. The Morgan fingerprint density at radius 3 is 2.53 bits per heavy atom. The van der Waals surface area contributed by atoms with Gasteiger partial charge in [-0.25, -0.2) is 0 Å². The topological polar surface area (TPSA) is 17.1 Å². The summed E-state index contributed by atoms with van der Waals surface area (Å²) in [6, 6.07) is 8.01. The second kappa shape index (κ2) is 6.39. The monoisotopic (exact) mass is 204 g/mol. The SMILES string of the molecule is CCCCCc1ccccc1C(=O)CC. The van der Waals surface area contributed by atoms with E-state index in [9.17, 15) is 4.79 Å². The van der Waals surface area contributed by atoms with Crippen LogP contribution in [0.4, 0.5) is 0 Å². The number of ketones is 1. The zero-order chi connectivity index (χ0) is 11.1. The number of aryl methyl sites for hydroxylation is 1. The Labute approximate surface area is 92.5 Å². The third kappa shape index (κ3) is 3.50. The number of carbonyl (C=O) groups is 1. The minimum Gasteiger partial charge on any atom is -0.294 e. The molecule has 0 aliphatic rings. The van der Waals surface area contributed by atoms with Crippen molar-refractivity contribution in [1.29, 1.82) is 0 Å². The Kier molecular flexibility index (Phi) is 5.09. The van der Waals surface area contributed by atoms with E-state index in [0.29, 0.717) is 6.42 Å². The summed E-state index contributed by atoms with van der Waals surface area (Å²) in [4.78, 5) is 11.7. The average Bonchev–Trinajstić information content (AvgIpc) is 2.29. The summed E-state index contributed by atoms with van der Waals surface area (Å²) in [5.74, 6) is 0.266. The maximum absolute atomic E-state index is 11.7. The third-order valence-corrected chi connectivity index (χ3v) is 2.69. The van der Waals surface area contributed by atoms with Gasteiger partial charge in [0.15, 0.2) is 5.78 Å². The molecule has 0 N–H and O–H groups in total. The van der Waals surface area contributed by atoms with Crippen LogP contribution in [0.3, 0.4) is 0 Å². The first kappa shape index (κ1) is 12.0. The van der Waals surface area contributed by atoms with Crippen molar-refractivity contribution in [3.63, 3.8) is 0 Å². The van der Waals surface area contributed by atoms with Gasteiger partial charge < -0.3 is 0 Å². The Bertz CT molecular complexity index is 315. The molecule has 1 nitrogen and oxygen atoms in total. The highest BCUT2D eigenvalue weighted by molar-refractivity contribution is 5.97. The van der Waals surface area contributed by atoms with Crippen molar-refractivity contribution < 1.29 is 4.79 Å². The quantitative estimate of drug-likeness (QED) is 0.505. The smallest absolute Gasteiger partial charge is 0.162 e. The molecule has 0 unspecified atom stereocenters. The van der Waals surface area contributed by atoms with Crippen molar-refractivity contribution in [3.8, 4) is 0 Å². The molecule has 0 atom stereocenters. The van der Waals surface area contributed by atoms with Gasteiger partial charge in [0.25, 0.3) is 0 Å². The van der Waals surface area contributed by atoms with Crippen LogP contribution < -0.4 is 0 Å². The summed E-state index contributed by atoms with van der Waals surface area (Å²) in [6.45, 7) is 4.12. The van der Waals surface area contributed by atoms with Gasteiger partial charge in [-0.3, -0.25) is 4.79 Å². The largest absolute Gasteiger partial charge is 0.294 e. The van der Waals surface area contributed by atoms with Gasteiger partial charge >= 0.3 is 0 Å². The summed E-state index contributed by atoms with van der Waals surface area (Å²) < 4.78 is 0. The van der Waals surface area contributed by atoms with Crippen LogP contribution in [-0.4, -0.2) is 5.78 Å². The maximum Gasteiger partial charge on any atom is 0.162 e. The first-order chi connectivity index (χ1) is 7.29. The third-order valence-electron chi connectivity index (χ3n) is 2.69. The van der Waals surface area contributed by atoms with Crippen LogP contribution in [0.2, 0.25) is 0 Å². The highest BCUT2D eigenvalue weighted by Crippen LogP contribution is 2.14. The van der Waals surface area contributed by atoms with Crippen LogP contribution >= 0.6 is 0 Å². The van der Waals surface area contributed by atoms with Gasteiger partial charge in [0, 0.05) is 12.0 Å². The van der Waals surface area contributed by atoms with Crippen molar-refractivity contribution in [1.82, 2.24) is 0 Å². The summed E-state index contributed by atoms with van der Waals surface area (Å²) in [7, 11) is 0. The molecule has 0 fully saturated rings. The van der Waals surface area contributed by atoms with Gasteiger partial charge in [0.05, 0.1) is 0 Å². The van der Waals surface area contributed by atoms with Crippen LogP contribution in [0, 0.1) is 0 Å². The molecular formula is C14H20O. The molecule has 0 heterocycles. The minimum absolute atomic E-state index is 0.266. The molecule has 1 heteroatoms. The summed E-state index contributed by atoms with van der Waals surface area (Å²) in [5, 5.41) is 0. The lowest BCUT2D eigenvalue weighted by atomic mass is 9.98. The molecule has 0 amide bonds. The normalized spacial score (nSPS) is 10.3.